The first-order valence-electron chi connectivity index (χ1n) is 4.77. The van der Waals surface area contributed by atoms with Gasteiger partial charge < -0.3 is 4.74 Å². The first kappa shape index (κ1) is 15.1. The van der Waals surface area contributed by atoms with Gasteiger partial charge >= 0.3 is 6.09 Å². The van der Waals surface area contributed by atoms with Gasteiger partial charge in [-0.05, 0) is 27.2 Å². The van der Waals surface area contributed by atoms with E-state index in [-0.39, 0.29) is 18.7 Å². The van der Waals surface area contributed by atoms with Crippen molar-refractivity contribution in [1.29, 1.82) is 0 Å². The van der Waals surface area contributed by atoms with Crippen molar-refractivity contribution in [3.8, 4) is 0 Å². The molecule has 0 fully saturated rings. The van der Waals surface area contributed by atoms with Gasteiger partial charge in [0.1, 0.15) is 5.60 Å². The fourth-order valence-electron chi connectivity index (χ4n) is 0.781. The Morgan fingerprint density at radius 3 is 2.38 bits per heavy atom. The molecule has 0 aliphatic rings. The van der Waals surface area contributed by atoms with Crippen molar-refractivity contribution in [1.82, 2.24) is 10.9 Å². The van der Waals surface area contributed by atoms with E-state index in [1.807, 2.05) is 0 Å². The quantitative estimate of drug-likeness (QED) is 0.370. The molecule has 0 aromatic heterocycles. The zero-order chi connectivity index (χ0) is 12.8. The summed E-state index contributed by atoms with van der Waals surface area (Å²) in [5.74, 6) is -0.351. The van der Waals surface area contributed by atoms with E-state index in [0.29, 0.717) is 0 Å². The predicted molar refractivity (Wildman–Crippen MR) is 58.4 cm³/mol. The zero-order valence-corrected chi connectivity index (χ0v) is 10.4. The average Bonchev–Trinajstić information content (AvgIpc) is 1.97. The van der Waals surface area contributed by atoms with E-state index in [9.17, 15) is 13.2 Å². The van der Waals surface area contributed by atoms with E-state index in [4.69, 9.17) is 9.29 Å². The molecule has 0 radical (unpaired) electrons. The van der Waals surface area contributed by atoms with E-state index < -0.39 is 21.8 Å². The smallest absolute Gasteiger partial charge is 0.422 e. The van der Waals surface area contributed by atoms with Gasteiger partial charge in [-0.1, -0.05) is 0 Å². The Kier molecular flexibility index (Phi) is 5.70. The van der Waals surface area contributed by atoms with Crippen molar-refractivity contribution in [2.45, 2.75) is 32.8 Å². The van der Waals surface area contributed by atoms with Crippen molar-refractivity contribution >= 4 is 16.2 Å². The van der Waals surface area contributed by atoms with Gasteiger partial charge in [0, 0.05) is 6.54 Å². The molecule has 0 aliphatic carbocycles. The van der Waals surface area contributed by atoms with Crippen molar-refractivity contribution in [3.63, 3.8) is 0 Å². The second kappa shape index (κ2) is 6.02. The number of nitrogens with one attached hydrogen (secondary N) is 2. The van der Waals surface area contributed by atoms with Crippen LogP contribution in [-0.4, -0.2) is 37.0 Å². The topological polar surface area (TPSA) is 105 Å². The first-order valence-corrected chi connectivity index (χ1v) is 6.38. The molecule has 8 heteroatoms. The molecule has 0 saturated carbocycles. The predicted octanol–water partition coefficient (Wildman–Crippen LogP) is 0.294. The maximum absolute atomic E-state index is 11.1. The monoisotopic (exact) mass is 254 g/mol. The van der Waals surface area contributed by atoms with Gasteiger partial charge in [-0.3, -0.25) is 9.98 Å². The highest BCUT2D eigenvalue weighted by molar-refractivity contribution is 7.85. The summed E-state index contributed by atoms with van der Waals surface area (Å²) in [7, 11) is -3.94. The van der Waals surface area contributed by atoms with Crippen LogP contribution in [0, 0.1) is 0 Å². The Balaban J connectivity index is 3.57. The number of carbonyl (C=O) groups excluding carboxylic acids is 1. The maximum atomic E-state index is 11.1. The van der Waals surface area contributed by atoms with Gasteiger partial charge in [0.25, 0.3) is 10.1 Å². The van der Waals surface area contributed by atoms with E-state index in [1.165, 1.54) is 0 Å². The molecule has 0 aromatic rings. The van der Waals surface area contributed by atoms with E-state index >= 15 is 0 Å². The molecule has 0 atom stereocenters. The normalized spacial score (nSPS) is 12.2. The molecule has 1 amide bonds. The Bertz CT molecular complexity index is 320. The molecule has 96 valence electrons. The van der Waals surface area contributed by atoms with Gasteiger partial charge in [0.15, 0.2) is 0 Å². The van der Waals surface area contributed by atoms with Crippen molar-refractivity contribution in [2.75, 3.05) is 12.3 Å². The van der Waals surface area contributed by atoms with Crippen LogP contribution >= 0.6 is 0 Å². The number of hydrazine groups is 1. The summed E-state index contributed by atoms with van der Waals surface area (Å²) in [5, 5.41) is 0. The van der Waals surface area contributed by atoms with Crippen molar-refractivity contribution < 1.29 is 22.5 Å². The molecular weight excluding hydrogens is 236 g/mol. The summed E-state index contributed by atoms with van der Waals surface area (Å²) in [5.41, 5.74) is 4.13. The molecule has 0 bridgehead atoms. The highest BCUT2D eigenvalue weighted by Gasteiger charge is 2.15. The Morgan fingerprint density at radius 2 is 1.94 bits per heavy atom. The second-order valence-corrected chi connectivity index (χ2v) is 5.77. The lowest BCUT2D eigenvalue weighted by Gasteiger charge is -2.19. The van der Waals surface area contributed by atoms with E-state index in [1.54, 1.807) is 20.8 Å². The number of hydrogen-bond donors (Lipinski definition) is 3. The van der Waals surface area contributed by atoms with Crippen LogP contribution in [0.25, 0.3) is 0 Å². The van der Waals surface area contributed by atoms with Gasteiger partial charge in [-0.25, -0.2) is 10.2 Å². The number of hydrogen-bond acceptors (Lipinski definition) is 5. The third-order valence-electron chi connectivity index (χ3n) is 1.29. The Labute approximate surface area is 95.3 Å². The summed E-state index contributed by atoms with van der Waals surface area (Å²) in [6, 6.07) is 0. The molecule has 0 aliphatic heterocycles. The lowest BCUT2D eigenvalue weighted by molar-refractivity contribution is 0.0499. The average molecular weight is 254 g/mol. The van der Waals surface area contributed by atoms with Crippen molar-refractivity contribution in [3.05, 3.63) is 0 Å². The summed E-state index contributed by atoms with van der Waals surface area (Å²) in [6.45, 7) is 5.40. The number of rotatable bonds is 5. The number of amides is 1. The van der Waals surface area contributed by atoms with Crippen LogP contribution in [0.15, 0.2) is 0 Å². The minimum Gasteiger partial charge on any atom is -0.443 e. The molecule has 0 rings (SSSR count). The molecule has 0 heterocycles. The first-order chi connectivity index (χ1) is 7.10. The molecule has 0 spiro atoms. The Hall–Kier alpha value is -0.860. The molecule has 3 N–H and O–H groups in total. The van der Waals surface area contributed by atoms with Gasteiger partial charge in [0.2, 0.25) is 0 Å². The third-order valence-corrected chi connectivity index (χ3v) is 2.10. The van der Waals surface area contributed by atoms with Crippen molar-refractivity contribution in [2.24, 2.45) is 0 Å². The fourth-order valence-corrected chi connectivity index (χ4v) is 1.29. The number of carbonyl (C=O) groups is 1. The maximum Gasteiger partial charge on any atom is 0.422 e. The van der Waals surface area contributed by atoms with Crippen LogP contribution in [0.3, 0.4) is 0 Å². The molecular formula is C8H18N2O5S. The zero-order valence-electron chi connectivity index (χ0n) is 9.61. The summed E-state index contributed by atoms with van der Waals surface area (Å²) >= 11 is 0. The summed E-state index contributed by atoms with van der Waals surface area (Å²) in [4.78, 5) is 11.1. The summed E-state index contributed by atoms with van der Waals surface area (Å²) in [6.07, 6.45) is -0.450. The van der Waals surface area contributed by atoms with Crippen LogP contribution in [0.2, 0.25) is 0 Å². The summed E-state index contributed by atoms with van der Waals surface area (Å²) < 4.78 is 34.0. The standard InChI is InChI=1S/C8H18N2O5S/c1-8(2,3)15-7(11)10-9-5-4-6-16(12,13)14/h9H,4-6H2,1-3H3,(H,10,11)(H,12,13,14). The van der Waals surface area contributed by atoms with Crippen LogP contribution in [0.5, 0.6) is 0 Å². The van der Waals surface area contributed by atoms with Gasteiger partial charge in [-0.15, -0.1) is 0 Å². The molecule has 16 heavy (non-hydrogen) atoms. The van der Waals surface area contributed by atoms with E-state index in [2.05, 4.69) is 10.9 Å². The van der Waals surface area contributed by atoms with Crippen LogP contribution in [-0.2, 0) is 14.9 Å². The van der Waals surface area contributed by atoms with Crippen LogP contribution < -0.4 is 10.9 Å². The van der Waals surface area contributed by atoms with Crippen LogP contribution in [0.4, 0.5) is 4.79 Å². The SMILES string of the molecule is CC(C)(C)OC(=O)NNCCCS(=O)(=O)O. The highest BCUT2D eigenvalue weighted by atomic mass is 32.2. The van der Waals surface area contributed by atoms with E-state index in [0.717, 1.165) is 0 Å². The minimum absolute atomic E-state index is 0.189. The number of ether oxygens (including phenoxy) is 1. The van der Waals surface area contributed by atoms with Gasteiger partial charge in [0.05, 0.1) is 5.75 Å². The second-order valence-electron chi connectivity index (χ2n) is 4.19. The lowest BCUT2D eigenvalue weighted by Crippen LogP contribution is -2.41. The third kappa shape index (κ3) is 11.2. The molecule has 7 nitrogen and oxygen atoms in total. The molecule has 0 unspecified atom stereocenters. The van der Waals surface area contributed by atoms with Crippen LogP contribution in [0.1, 0.15) is 27.2 Å². The Morgan fingerprint density at radius 1 is 1.38 bits per heavy atom. The minimum atomic E-state index is -3.94. The lowest BCUT2D eigenvalue weighted by atomic mass is 10.2. The molecule has 0 aromatic carbocycles. The molecule has 0 saturated heterocycles. The highest BCUT2D eigenvalue weighted by Crippen LogP contribution is 2.05. The van der Waals surface area contributed by atoms with Gasteiger partial charge in [-0.2, -0.15) is 8.42 Å². The largest absolute Gasteiger partial charge is 0.443 e. The fraction of sp³-hybridized carbons (Fsp3) is 0.875.